The molecule has 1 fully saturated rings. The summed E-state index contributed by atoms with van der Waals surface area (Å²) in [5.41, 5.74) is 1.91. The molecule has 0 saturated carbocycles. The van der Waals surface area contributed by atoms with E-state index in [4.69, 9.17) is 5.41 Å². The Morgan fingerprint density at radius 3 is 2.50 bits per heavy atom. The minimum absolute atomic E-state index is 0.0629. The van der Waals surface area contributed by atoms with Crippen LogP contribution in [0.4, 0.5) is 13.2 Å². The fraction of sp³-hybridized carbons (Fsp3) is 0.321. The van der Waals surface area contributed by atoms with E-state index < -0.39 is 33.7 Å². The van der Waals surface area contributed by atoms with Gasteiger partial charge in [-0.05, 0) is 85.9 Å². The Hall–Kier alpha value is -3.22. The Kier molecular flexibility index (Phi) is 9.32. The van der Waals surface area contributed by atoms with Crippen molar-refractivity contribution in [1.29, 1.82) is 5.41 Å². The van der Waals surface area contributed by atoms with E-state index in [0.29, 0.717) is 25.7 Å². The van der Waals surface area contributed by atoms with E-state index in [9.17, 15) is 26.4 Å². The lowest BCUT2D eigenvalue weighted by molar-refractivity contribution is -0.137. The molecule has 1 saturated heterocycles. The van der Waals surface area contributed by atoms with Crippen LogP contribution >= 0.6 is 12.8 Å². The summed E-state index contributed by atoms with van der Waals surface area (Å²) in [5, 5.41) is 10.8. The van der Waals surface area contributed by atoms with Crippen LogP contribution in [0.1, 0.15) is 41.5 Å². The normalized spacial score (nSPS) is 19.2. The number of carbonyl (C=O) groups excluding carboxylic acids is 1. The second-order valence-electron chi connectivity index (χ2n) is 9.61. The van der Waals surface area contributed by atoms with Crippen molar-refractivity contribution in [3.05, 3.63) is 93.9 Å². The predicted octanol–water partition coefficient (Wildman–Crippen LogP) is 5.05. The number of rotatable bonds is 9. The van der Waals surface area contributed by atoms with Gasteiger partial charge >= 0.3 is 6.18 Å². The van der Waals surface area contributed by atoms with Crippen LogP contribution in [-0.4, -0.2) is 42.6 Å². The Labute approximate surface area is 237 Å². The minimum atomic E-state index is -4.35. The van der Waals surface area contributed by atoms with Crippen molar-refractivity contribution >= 4 is 40.2 Å². The lowest BCUT2D eigenvalue weighted by Crippen LogP contribution is -2.47. The third-order valence-electron chi connectivity index (χ3n) is 6.86. The molecule has 212 valence electrons. The maximum atomic E-state index is 13.4. The van der Waals surface area contributed by atoms with Crippen molar-refractivity contribution in [1.82, 2.24) is 9.62 Å². The second kappa shape index (κ2) is 12.5. The van der Waals surface area contributed by atoms with E-state index in [1.165, 1.54) is 30.4 Å². The molecule has 1 unspecified atom stereocenters. The number of aryl methyl sites for hydroxylation is 2. The number of allylic oxidation sites excluding steroid dienone is 4. The van der Waals surface area contributed by atoms with Gasteiger partial charge in [-0.3, -0.25) is 10.2 Å². The van der Waals surface area contributed by atoms with E-state index in [2.05, 4.69) is 22.5 Å². The largest absolute Gasteiger partial charge is 0.416 e. The highest BCUT2D eigenvalue weighted by Gasteiger charge is 2.42. The summed E-state index contributed by atoms with van der Waals surface area (Å²) in [5.74, 6) is -0.403. The highest BCUT2D eigenvalue weighted by atomic mass is 32.2. The Bertz CT molecular complexity index is 1470. The fourth-order valence-electron chi connectivity index (χ4n) is 4.81. The van der Waals surface area contributed by atoms with Gasteiger partial charge in [-0.1, -0.05) is 42.5 Å². The maximum absolute atomic E-state index is 13.4. The summed E-state index contributed by atoms with van der Waals surface area (Å²) in [4.78, 5) is 12.9. The molecule has 1 aliphatic heterocycles. The minimum Gasteiger partial charge on any atom is -0.351 e. The van der Waals surface area contributed by atoms with E-state index in [1.807, 2.05) is 24.3 Å². The molecule has 1 aliphatic carbocycles. The number of hydrogen-bond acceptors (Lipinski definition) is 6. The van der Waals surface area contributed by atoms with Crippen LogP contribution in [-0.2, 0) is 40.4 Å². The van der Waals surface area contributed by atoms with Crippen LogP contribution in [0.2, 0.25) is 0 Å². The summed E-state index contributed by atoms with van der Waals surface area (Å²) in [6, 6.07) is 12.0. The number of halogens is 3. The average Bonchev–Trinajstić information content (AvgIpc) is 3.43. The molecule has 2 N–H and O–H groups in total. The number of benzene rings is 2. The molecule has 1 amide bonds. The van der Waals surface area contributed by atoms with Gasteiger partial charge in [0.25, 0.3) is 0 Å². The number of sulfonamides is 1. The van der Waals surface area contributed by atoms with Crippen molar-refractivity contribution < 1.29 is 26.4 Å². The molecule has 1 atom stereocenters. The number of alkyl halides is 3. The zero-order valence-electron chi connectivity index (χ0n) is 21.5. The Balaban J connectivity index is 1.33. The topological polar surface area (TPSA) is 103 Å². The van der Waals surface area contributed by atoms with E-state index in [-0.39, 0.29) is 29.4 Å². The van der Waals surface area contributed by atoms with Gasteiger partial charge in [-0.2, -0.15) is 17.5 Å². The van der Waals surface area contributed by atoms with Gasteiger partial charge in [0.2, 0.25) is 15.9 Å². The summed E-state index contributed by atoms with van der Waals surface area (Å²) < 4.78 is 69.8. The van der Waals surface area contributed by atoms with Crippen molar-refractivity contribution in [2.75, 3.05) is 6.54 Å². The van der Waals surface area contributed by atoms with Gasteiger partial charge in [0, 0.05) is 13.1 Å². The smallest absolute Gasteiger partial charge is 0.351 e. The summed E-state index contributed by atoms with van der Waals surface area (Å²) in [6.07, 6.45) is 2.89. The van der Waals surface area contributed by atoms with Crippen LogP contribution in [0.5, 0.6) is 0 Å². The van der Waals surface area contributed by atoms with Gasteiger partial charge < -0.3 is 5.32 Å². The monoisotopic (exact) mass is 590 g/mol. The van der Waals surface area contributed by atoms with Gasteiger partial charge in [0.05, 0.1) is 11.3 Å². The van der Waals surface area contributed by atoms with Crippen LogP contribution in [0.25, 0.3) is 0 Å². The first-order chi connectivity index (χ1) is 19.0. The molecule has 0 bridgehead atoms. The standard InChI is InChI=1S/C28H29F3N4O3S2/c29-28(30,31)22-14-12-19(13-15-22)5-1-6-20-7-2-8-21(17-20)18-33-27(36)24-10-4-16-35(24)40(37,38)25-11-3-9-23(32)26(25)34-39/h2-3,7-9,11-15,17,24,32,39H,1,4-6,10,16,18H2,(H,33,36)/b32-23?,34-26+. The molecule has 2 aliphatic rings. The fourth-order valence-corrected chi connectivity index (χ4v) is 6.90. The average molecular weight is 591 g/mol. The molecule has 0 aromatic heterocycles. The van der Waals surface area contributed by atoms with Gasteiger partial charge in [0.15, 0.2) is 0 Å². The highest BCUT2D eigenvalue weighted by molar-refractivity contribution is 7.94. The van der Waals surface area contributed by atoms with Crippen LogP contribution in [0, 0.1) is 5.41 Å². The molecule has 4 rings (SSSR count). The van der Waals surface area contributed by atoms with E-state index in [1.54, 1.807) is 0 Å². The lowest BCUT2D eigenvalue weighted by atomic mass is 10.0. The van der Waals surface area contributed by atoms with Crippen molar-refractivity contribution in [3.63, 3.8) is 0 Å². The molecule has 0 spiro atoms. The summed E-state index contributed by atoms with van der Waals surface area (Å²) >= 11 is 3.83. The third kappa shape index (κ3) is 6.91. The van der Waals surface area contributed by atoms with Crippen LogP contribution in [0.15, 0.2) is 76.1 Å². The number of thiol groups is 1. The maximum Gasteiger partial charge on any atom is 0.416 e. The summed E-state index contributed by atoms with van der Waals surface area (Å²) in [6.45, 7) is 0.401. The molecule has 2 aromatic rings. The van der Waals surface area contributed by atoms with Crippen LogP contribution in [0.3, 0.4) is 0 Å². The van der Waals surface area contributed by atoms with Crippen LogP contribution < -0.4 is 5.32 Å². The molecule has 1 heterocycles. The molecule has 0 radical (unpaired) electrons. The number of nitrogens with zero attached hydrogens (tertiary/aromatic N) is 2. The highest BCUT2D eigenvalue weighted by Crippen LogP contribution is 2.30. The lowest BCUT2D eigenvalue weighted by Gasteiger charge is -2.25. The third-order valence-corrected chi connectivity index (χ3v) is 9.00. The van der Waals surface area contributed by atoms with Gasteiger partial charge in [-0.25, -0.2) is 12.8 Å². The van der Waals surface area contributed by atoms with Crippen molar-refractivity contribution in [3.8, 4) is 0 Å². The molecule has 2 aromatic carbocycles. The first-order valence-electron chi connectivity index (χ1n) is 12.7. The van der Waals surface area contributed by atoms with Crippen molar-refractivity contribution in [2.24, 2.45) is 4.40 Å². The number of hydrogen-bond donors (Lipinski definition) is 3. The molecule has 40 heavy (non-hydrogen) atoms. The molecule has 7 nitrogen and oxygen atoms in total. The van der Waals surface area contributed by atoms with Crippen molar-refractivity contribution in [2.45, 2.75) is 50.9 Å². The first kappa shape index (κ1) is 29.8. The molecule has 12 heteroatoms. The van der Waals surface area contributed by atoms with Gasteiger partial charge in [0.1, 0.15) is 16.7 Å². The number of nitrogens with one attached hydrogen (secondary N) is 2. The summed E-state index contributed by atoms with van der Waals surface area (Å²) in [7, 11) is -4.08. The Morgan fingerprint density at radius 1 is 1.10 bits per heavy atom. The van der Waals surface area contributed by atoms with E-state index >= 15 is 0 Å². The number of carbonyl (C=O) groups is 1. The molecular weight excluding hydrogens is 561 g/mol. The first-order valence-corrected chi connectivity index (χ1v) is 14.6. The SMILES string of the molecule is N=C1C=CC=C(S(=O)(=O)N2CCCC2C(=O)NCc2cccc(CCCc3ccc(C(F)(F)F)cc3)c2)/C1=N/S. The quantitative estimate of drug-likeness (QED) is 0.281. The zero-order chi connectivity index (χ0) is 28.9. The second-order valence-corrected chi connectivity index (χ2v) is 11.7. The molecular formula is C28H29F3N4O3S2. The van der Waals surface area contributed by atoms with Gasteiger partial charge in [-0.15, -0.1) is 0 Å². The zero-order valence-corrected chi connectivity index (χ0v) is 23.2. The Morgan fingerprint density at radius 2 is 1.80 bits per heavy atom. The predicted molar refractivity (Wildman–Crippen MR) is 152 cm³/mol. The number of amides is 1. The van der Waals surface area contributed by atoms with E-state index in [0.717, 1.165) is 39.5 Å².